The Morgan fingerprint density at radius 3 is 2.69 bits per heavy atom. The monoisotopic (exact) mass is 374 g/mol. The van der Waals surface area contributed by atoms with E-state index in [1.165, 1.54) is 11.3 Å². The molecule has 26 heavy (non-hydrogen) atoms. The fraction of sp³-hybridized carbons (Fsp3) is 0.632. The molecular formula is C19H30N6S. The van der Waals surface area contributed by atoms with Gasteiger partial charge in [-0.15, -0.1) is 21.5 Å². The third-order valence-corrected chi connectivity index (χ3v) is 5.89. The van der Waals surface area contributed by atoms with Crippen LogP contribution >= 0.6 is 11.3 Å². The van der Waals surface area contributed by atoms with Gasteiger partial charge in [0.15, 0.2) is 11.8 Å². The van der Waals surface area contributed by atoms with E-state index in [2.05, 4.69) is 51.8 Å². The molecule has 2 aromatic heterocycles. The van der Waals surface area contributed by atoms with Crippen molar-refractivity contribution in [2.24, 2.45) is 23.9 Å². The molecule has 0 aromatic carbocycles. The zero-order valence-corrected chi connectivity index (χ0v) is 17.1. The molecule has 0 bridgehead atoms. The van der Waals surface area contributed by atoms with Crippen molar-refractivity contribution in [1.29, 1.82) is 0 Å². The number of nitrogens with zero attached hydrogens (tertiary/aromatic N) is 5. The van der Waals surface area contributed by atoms with E-state index in [9.17, 15) is 0 Å². The second kappa shape index (κ2) is 8.66. The molecule has 2 atom stereocenters. The van der Waals surface area contributed by atoms with E-state index in [1.54, 1.807) is 0 Å². The van der Waals surface area contributed by atoms with Crippen LogP contribution in [-0.2, 0) is 20.0 Å². The minimum atomic E-state index is 0.554. The summed E-state index contributed by atoms with van der Waals surface area (Å²) in [5, 5.41) is 14.1. The summed E-state index contributed by atoms with van der Waals surface area (Å²) in [6.07, 6.45) is 2.32. The van der Waals surface area contributed by atoms with Gasteiger partial charge in [0.05, 0.1) is 0 Å². The fourth-order valence-corrected chi connectivity index (χ4v) is 4.30. The fourth-order valence-electron chi connectivity index (χ4n) is 3.59. The second-order valence-electron chi connectivity index (χ2n) is 7.47. The molecule has 0 spiro atoms. The van der Waals surface area contributed by atoms with Crippen molar-refractivity contribution in [2.75, 3.05) is 19.6 Å². The Bertz CT molecular complexity index is 710. The minimum Gasteiger partial charge on any atom is -0.356 e. The molecule has 0 saturated carbocycles. The highest BCUT2D eigenvalue weighted by molar-refractivity contribution is 7.09. The molecule has 0 radical (unpaired) electrons. The van der Waals surface area contributed by atoms with Gasteiger partial charge in [-0.05, 0) is 43.0 Å². The van der Waals surface area contributed by atoms with Gasteiger partial charge in [0.1, 0.15) is 12.4 Å². The Hall–Kier alpha value is -1.89. The Balaban J connectivity index is 1.69. The van der Waals surface area contributed by atoms with E-state index in [1.807, 2.05) is 29.9 Å². The maximum absolute atomic E-state index is 4.89. The number of nitrogens with one attached hydrogen (secondary N) is 1. The van der Waals surface area contributed by atoms with Crippen LogP contribution in [0.25, 0.3) is 0 Å². The summed E-state index contributed by atoms with van der Waals surface area (Å²) in [6, 6.07) is 4.30. The summed E-state index contributed by atoms with van der Waals surface area (Å²) in [5.41, 5.74) is 0. The molecule has 2 unspecified atom stereocenters. The van der Waals surface area contributed by atoms with Crippen LogP contribution in [0.3, 0.4) is 0 Å². The van der Waals surface area contributed by atoms with E-state index >= 15 is 0 Å². The summed E-state index contributed by atoms with van der Waals surface area (Å²) in [5.74, 6) is 4.21. The Labute approximate surface area is 160 Å². The zero-order chi connectivity index (χ0) is 18.5. The molecule has 142 valence electrons. The zero-order valence-electron chi connectivity index (χ0n) is 16.3. The molecule has 1 aliphatic rings. The molecule has 1 fully saturated rings. The summed E-state index contributed by atoms with van der Waals surface area (Å²) in [4.78, 5) is 8.71. The lowest BCUT2D eigenvalue weighted by molar-refractivity contribution is 0.208. The number of aromatic nitrogens is 3. The third-order valence-electron chi connectivity index (χ3n) is 4.96. The number of hydrogen-bond donors (Lipinski definition) is 1. The highest BCUT2D eigenvalue weighted by atomic mass is 32.1. The molecular weight excluding hydrogens is 344 g/mol. The first-order chi connectivity index (χ1) is 12.5. The number of hydrogen-bond acceptors (Lipinski definition) is 4. The minimum absolute atomic E-state index is 0.554. The summed E-state index contributed by atoms with van der Waals surface area (Å²) in [6.45, 7) is 10.2. The molecule has 1 aliphatic heterocycles. The van der Waals surface area contributed by atoms with Crippen molar-refractivity contribution in [3.63, 3.8) is 0 Å². The van der Waals surface area contributed by atoms with Crippen molar-refractivity contribution >= 4 is 17.3 Å². The van der Waals surface area contributed by atoms with Crippen LogP contribution in [0.15, 0.2) is 22.5 Å². The Kier molecular flexibility index (Phi) is 6.29. The van der Waals surface area contributed by atoms with Gasteiger partial charge in [0, 0.05) is 31.6 Å². The highest BCUT2D eigenvalue weighted by Gasteiger charge is 2.24. The highest BCUT2D eigenvalue weighted by Crippen LogP contribution is 2.21. The molecule has 6 nitrogen and oxygen atoms in total. The number of thiophene rings is 1. The Morgan fingerprint density at radius 2 is 2.08 bits per heavy atom. The quantitative estimate of drug-likeness (QED) is 0.646. The van der Waals surface area contributed by atoms with Gasteiger partial charge in [-0.2, -0.15) is 0 Å². The molecule has 1 saturated heterocycles. The number of piperidine rings is 1. The molecule has 2 aromatic rings. The van der Waals surface area contributed by atoms with Gasteiger partial charge in [-0.25, -0.2) is 4.99 Å². The van der Waals surface area contributed by atoms with E-state index in [0.717, 1.165) is 43.7 Å². The average molecular weight is 375 g/mol. The van der Waals surface area contributed by atoms with Gasteiger partial charge in [0.2, 0.25) is 0 Å². The number of guanidine groups is 1. The third kappa shape index (κ3) is 4.84. The largest absolute Gasteiger partial charge is 0.356 e. The van der Waals surface area contributed by atoms with Crippen LogP contribution in [0.1, 0.15) is 36.8 Å². The van der Waals surface area contributed by atoms with Crippen molar-refractivity contribution < 1.29 is 0 Å². The van der Waals surface area contributed by atoms with Crippen LogP contribution in [0.4, 0.5) is 0 Å². The summed E-state index contributed by atoms with van der Waals surface area (Å²) in [7, 11) is 2.00. The predicted octanol–water partition coefficient (Wildman–Crippen LogP) is 2.85. The molecule has 1 N–H and O–H groups in total. The maximum Gasteiger partial charge on any atom is 0.194 e. The lowest BCUT2D eigenvalue weighted by atomic mass is 9.92. The molecule has 7 heteroatoms. The van der Waals surface area contributed by atoms with Crippen LogP contribution in [-0.4, -0.2) is 45.3 Å². The molecule has 3 heterocycles. The van der Waals surface area contributed by atoms with E-state index in [0.29, 0.717) is 18.4 Å². The van der Waals surface area contributed by atoms with Gasteiger partial charge in [-0.3, -0.25) is 0 Å². The van der Waals surface area contributed by atoms with Gasteiger partial charge < -0.3 is 14.8 Å². The SMILES string of the molecule is Cc1nnc(CN=C(NCCc2cccs2)N2CC(C)CC(C)C2)n1C. The standard InChI is InChI=1S/C19H30N6S/c1-14-10-15(2)13-25(12-14)19(20-8-7-17-6-5-9-26-17)21-11-18-23-22-16(3)24(18)4/h5-6,9,14-15H,7-8,10-13H2,1-4H3,(H,20,21). The van der Waals surface area contributed by atoms with Gasteiger partial charge in [0.25, 0.3) is 0 Å². The lowest BCUT2D eigenvalue weighted by Gasteiger charge is -2.37. The predicted molar refractivity (Wildman–Crippen MR) is 107 cm³/mol. The van der Waals surface area contributed by atoms with Gasteiger partial charge >= 0.3 is 0 Å². The first-order valence-corrected chi connectivity index (χ1v) is 10.3. The average Bonchev–Trinajstić information content (AvgIpc) is 3.21. The van der Waals surface area contributed by atoms with Crippen LogP contribution in [0.2, 0.25) is 0 Å². The number of aliphatic imine (C=N–C) groups is 1. The van der Waals surface area contributed by atoms with E-state index < -0.39 is 0 Å². The van der Waals surface area contributed by atoms with Crippen molar-refractivity contribution in [3.8, 4) is 0 Å². The van der Waals surface area contributed by atoms with Gasteiger partial charge in [-0.1, -0.05) is 19.9 Å². The topological polar surface area (TPSA) is 58.3 Å². The molecule has 0 aliphatic carbocycles. The normalized spacial score (nSPS) is 21.2. The number of rotatable bonds is 5. The first-order valence-electron chi connectivity index (χ1n) is 9.43. The Morgan fingerprint density at radius 1 is 1.31 bits per heavy atom. The van der Waals surface area contributed by atoms with Crippen molar-refractivity contribution in [3.05, 3.63) is 34.0 Å². The summed E-state index contributed by atoms with van der Waals surface area (Å²) >= 11 is 1.81. The van der Waals surface area contributed by atoms with Crippen molar-refractivity contribution in [1.82, 2.24) is 25.0 Å². The van der Waals surface area contributed by atoms with Crippen LogP contribution in [0.5, 0.6) is 0 Å². The maximum atomic E-state index is 4.89. The summed E-state index contributed by atoms with van der Waals surface area (Å²) < 4.78 is 2.01. The lowest BCUT2D eigenvalue weighted by Crippen LogP contribution is -2.49. The molecule has 0 amide bonds. The van der Waals surface area contributed by atoms with Crippen molar-refractivity contribution in [2.45, 2.75) is 40.2 Å². The molecule has 3 rings (SSSR count). The van der Waals surface area contributed by atoms with E-state index in [4.69, 9.17) is 4.99 Å². The number of aryl methyl sites for hydroxylation is 1. The van der Waals surface area contributed by atoms with Crippen LogP contribution < -0.4 is 5.32 Å². The smallest absolute Gasteiger partial charge is 0.194 e. The first kappa shape index (κ1) is 18.9. The number of likely N-dealkylation sites (tertiary alicyclic amines) is 1. The second-order valence-corrected chi connectivity index (χ2v) is 8.50. The van der Waals surface area contributed by atoms with Crippen LogP contribution in [0, 0.1) is 18.8 Å². The van der Waals surface area contributed by atoms with E-state index in [-0.39, 0.29) is 0 Å².